The number of rotatable bonds is 2. The van der Waals surface area contributed by atoms with Crippen LogP contribution < -0.4 is 5.32 Å². The molecule has 2 nitrogen and oxygen atoms in total. The van der Waals surface area contributed by atoms with E-state index in [1.807, 2.05) is 11.8 Å². The first-order valence-electron chi connectivity index (χ1n) is 5.74. The second-order valence-corrected chi connectivity index (χ2v) is 7.96. The minimum absolute atomic E-state index is 0.448. The second kappa shape index (κ2) is 4.86. The lowest BCUT2D eigenvalue weighted by molar-refractivity contribution is 0.202. The molecule has 0 aromatic heterocycles. The van der Waals surface area contributed by atoms with Crippen LogP contribution in [0.15, 0.2) is 0 Å². The summed E-state index contributed by atoms with van der Waals surface area (Å²) in [4.78, 5) is 2.71. The first-order valence-corrected chi connectivity index (χ1v) is 8.01. The lowest BCUT2D eigenvalue weighted by Gasteiger charge is -2.42. The summed E-state index contributed by atoms with van der Waals surface area (Å²) in [5, 5.41) is 4.32. The molecule has 0 saturated carbocycles. The standard InChI is InChI=1S/C11H22N2S2/c1-11(2)8-13(4-5-15-11)9-6-12-7-10(9)14-3/h9-10,12H,4-8H2,1-3H3. The summed E-state index contributed by atoms with van der Waals surface area (Å²) >= 11 is 4.15. The first kappa shape index (κ1) is 12.1. The van der Waals surface area contributed by atoms with E-state index in [1.54, 1.807) is 0 Å². The molecule has 0 radical (unpaired) electrons. The molecular formula is C11H22N2S2. The van der Waals surface area contributed by atoms with Gasteiger partial charge in [-0.05, 0) is 20.1 Å². The third-order valence-electron chi connectivity index (χ3n) is 3.36. The van der Waals surface area contributed by atoms with Gasteiger partial charge in [-0.1, -0.05) is 0 Å². The third-order valence-corrected chi connectivity index (χ3v) is 5.74. The Morgan fingerprint density at radius 1 is 1.40 bits per heavy atom. The van der Waals surface area contributed by atoms with Crippen LogP contribution in [0.1, 0.15) is 13.8 Å². The fourth-order valence-corrected chi connectivity index (χ4v) is 4.58. The molecule has 2 atom stereocenters. The predicted molar refractivity (Wildman–Crippen MR) is 72.1 cm³/mol. The van der Waals surface area contributed by atoms with Crippen molar-refractivity contribution in [2.75, 3.05) is 38.2 Å². The first-order chi connectivity index (χ1) is 7.12. The second-order valence-electron chi connectivity index (χ2n) is 5.08. The Kier molecular flexibility index (Phi) is 3.92. The maximum absolute atomic E-state index is 3.53. The van der Waals surface area contributed by atoms with Gasteiger partial charge in [0.05, 0.1) is 0 Å². The van der Waals surface area contributed by atoms with Gasteiger partial charge in [-0.2, -0.15) is 23.5 Å². The fraction of sp³-hybridized carbons (Fsp3) is 1.00. The van der Waals surface area contributed by atoms with Gasteiger partial charge in [0.2, 0.25) is 0 Å². The highest BCUT2D eigenvalue weighted by Crippen LogP contribution is 2.32. The van der Waals surface area contributed by atoms with Crippen molar-refractivity contribution in [1.29, 1.82) is 0 Å². The molecule has 0 amide bonds. The Balaban J connectivity index is 1.97. The molecule has 2 unspecified atom stereocenters. The van der Waals surface area contributed by atoms with Crippen molar-refractivity contribution in [3.63, 3.8) is 0 Å². The molecule has 0 aromatic carbocycles. The lowest BCUT2D eigenvalue weighted by Crippen LogP contribution is -2.51. The number of nitrogens with zero attached hydrogens (tertiary/aromatic N) is 1. The Morgan fingerprint density at radius 3 is 2.87 bits per heavy atom. The van der Waals surface area contributed by atoms with Crippen molar-refractivity contribution < 1.29 is 0 Å². The molecule has 0 aromatic rings. The summed E-state index contributed by atoms with van der Waals surface area (Å²) in [6.45, 7) is 9.65. The maximum Gasteiger partial charge on any atom is 0.0352 e. The molecule has 0 bridgehead atoms. The zero-order valence-electron chi connectivity index (χ0n) is 9.95. The summed E-state index contributed by atoms with van der Waals surface area (Å²) in [5.74, 6) is 1.30. The lowest BCUT2D eigenvalue weighted by atomic mass is 10.1. The van der Waals surface area contributed by atoms with Crippen molar-refractivity contribution in [3.8, 4) is 0 Å². The molecule has 2 aliphatic rings. The van der Waals surface area contributed by atoms with E-state index in [4.69, 9.17) is 0 Å². The zero-order chi connectivity index (χ0) is 10.9. The largest absolute Gasteiger partial charge is 0.314 e. The van der Waals surface area contributed by atoms with Crippen LogP contribution in [0.2, 0.25) is 0 Å². The molecule has 4 heteroatoms. The van der Waals surface area contributed by atoms with Crippen LogP contribution in [0.3, 0.4) is 0 Å². The van der Waals surface area contributed by atoms with Crippen LogP contribution in [0.5, 0.6) is 0 Å². The van der Waals surface area contributed by atoms with Crippen LogP contribution >= 0.6 is 23.5 Å². The van der Waals surface area contributed by atoms with Crippen molar-refractivity contribution in [3.05, 3.63) is 0 Å². The van der Waals surface area contributed by atoms with E-state index in [-0.39, 0.29) is 0 Å². The Bertz CT molecular complexity index is 221. The highest BCUT2D eigenvalue weighted by molar-refractivity contribution is 8.00. The minimum Gasteiger partial charge on any atom is -0.314 e. The van der Waals surface area contributed by atoms with E-state index >= 15 is 0 Å². The van der Waals surface area contributed by atoms with Gasteiger partial charge in [0.25, 0.3) is 0 Å². The van der Waals surface area contributed by atoms with E-state index in [9.17, 15) is 0 Å². The van der Waals surface area contributed by atoms with E-state index in [0.29, 0.717) is 4.75 Å². The van der Waals surface area contributed by atoms with Crippen LogP contribution in [0.25, 0.3) is 0 Å². The summed E-state index contributed by atoms with van der Waals surface area (Å²) in [5.41, 5.74) is 0. The molecule has 0 aliphatic carbocycles. The quantitative estimate of drug-likeness (QED) is 0.794. The van der Waals surface area contributed by atoms with Crippen LogP contribution in [0, 0.1) is 0 Å². The van der Waals surface area contributed by atoms with Gasteiger partial charge < -0.3 is 5.32 Å². The van der Waals surface area contributed by atoms with Gasteiger partial charge in [0, 0.05) is 48.0 Å². The Morgan fingerprint density at radius 2 is 2.20 bits per heavy atom. The van der Waals surface area contributed by atoms with Crippen LogP contribution in [-0.4, -0.2) is 59.1 Å². The Hall–Kier alpha value is 0.620. The fourth-order valence-electron chi connectivity index (χ4n) is 2.58. The van der Waals surface area contributed by atoms with Gasteiger partial charge in [0.15, 0.2) is 0 Å². The summed E-state index contributed by atoms with van der Waals surface area (Å²) in [6.07, 6.45) is 2.24. The van der Waals surface area contributed by atoms with Gasteiger partial charge in [0.1, 0.15) is 0 Å². The SMILES string of the molecule is CSC1CNCC1N1CCSC(C)(C)C1. The average Bonchev–Trinajstić information content (AvgIpc) is 2.63. The van der Waals surface area contributed by atoms with Crippen molar-refractivity contribution in [1.82, 2.24) is 10.2 Å². The van der Waals surface area contributed by atoms with Gasteiger partial charge in [-0.15, -0.1) is 0 Å². The summed E-state index contributed by atoms with van der Waals surface area (Å²) in [6, 6.07) is 0.764. The monoisotopic (exact) mass is 246 g/mol. The predicted octanol–water partition coefficient (Wildman–Crippen LogP) is 1.52. The minimum atomic E-state index is 0.448. The summed E-state index contributed by atoms with van der Waals surface area (Å²) in [7, 11) is 0. The topological polar surface area (TPSA) is 15.3 Å². The van der Waals surface area contributed by atoms with Crippen molar-refractivity contribution in [2.24, 2.45) is 0 Å². The maximum atomic E-state index is 3.53. The van der Waals surface area contributed by atoms with Gasteiger partial charge in [-0.3, -0.25) is 4.90 Å². The van der Waals surface area contributed by atoms with Crippen LogP contribution in [0.4, 0.5) is 0 Å². The Labute approximate surface area is 102 Å². The molecule has 1 N–H and O–H groups in total. The van der Waals surface area contributed by atoms with Crippen molar-refractivity contribution >= 4 is 23.5 Å². The molecular weight excluding hydrogens is 224 g/mol. The number of nitrogens with one attached hydrogen (secondary N) is 1. The third kappa shape index (κ3) is 2.84. The number of hydrogen-bond acceptors (Lipinski definition) is 4. The smallest absolute Gasteiger partial charge is 0.0352 e. The molecule has 2 saturated heterocycles. The molecule has 2 heterocycles. The average molecular weight is 246 g/mol. The van der Waals surface area contributed by atoms with Gasteiger partial charge >= 0.3 is 0 Å². The zero-order valence-corrected chi connectivity index (χ0v) is 11.6. The molecule has 88 valence electrons. The van der Waals surface area contributed by atoms with Crippen molar-refractivity contribution in [2.45, 2.75) is 29.9 Å². The van der Waals surface area contributed by atoms with E-state index in [0.717, 1.165) is 11.3 Å². The number of thioether (sulfide) groups is 2. The number of hydrogen-bond donors (Lipinski definition) is 1. The van der Waals surface area contributed by atoms with E-state index in [1.165, 1.54) is 31.9 Å². The van der Waals surface area contributed by atoms with E-state index in [2.05, 4.69) is 42.1 Å². The summed E-state index contributed by atoms with van der Waals surface area (Å²) < 4.78 is 0.448. The van der Waals surface area contributed by atoms with Crippen LogP contribution in [-0.2, 0) is 0 Å². The highest BCUT2D eigenvalue weighted by atomic mass is 32.2. The normalized spacial score (nSPS) is 37.0. The van der Waals surface area contributed by atoms with E-state index < -0.39 is 0 Å². The molecule has 15 heavy (non-hydrogen) atoms. The molecule has 0 spiro atoms. The van der Waals surface area contributed by atoms with Gasteiger partial charge in [-0.25, -0.2) is 0 Å². The highest BCUT2D eigenvalue weighted by Gasteiger charge is 2.36. The molecule has 2 fully saturated rings. The molecule has 2 rings (SSSR count). The molecule has 2 aliphatic heterocycles.